The highest BCUT2D eigenvalue weighted by Crippen LogP contribution is 2.21. The van der Waals surface area contributed by atoms with E-state index in [1.54, 1.807) is 20.3 Å². The fourth-order valence-corrected chi connectivity index (χ4v) is 1.93. The number of oxime groups is 1. The molecule has 1 aromatic carbocycles. The van der Waals surface area contributed by atoms with Crippen LogP contribution in [-0.4, -0.2) is 49.9 Å². The molecule has 0 fully saturated rings. The maximum Gasteiger partial charge on any atom is 0.173 e. The Morgan fingerprint density at radius 2 is 2.15 bits per heavy atom. The first-order valence-electron chi connectivity index (χ1n) is 6.52. The molecule has 3 N–H and O–H groups in total. The van der Waals surface area contributed by atoms with Crippen LogP contribution in [0.5, 0.6) is 5.75 Å². The SMILES string of the molecule is CCN(CCOC)Cc1ccc(/C(N)=N/O)c(OC)c1. The van der Waals surface area contributed by atoms with Crippen LogP contribution >= 0.6 is 0 Å². The Morgan fingerprint density at radius 1 is 1.40 bits per heavy atom. The summed E-state index contributed by atoms with van der Waals surface area (Å²) in [5.41, 5.74) is 7.29. The second-order valence-corrected chi connectivity index (χ2v) is 4.38. The molecule has 0 saturated carbocycles. The van der Waals surface area contributed by atoms with E-state index in [2.05, 4.69) is 17.0 Å². The lowest BCUT2D eigenvalue weighted by Crippen LogP contribution is -2.26. The molecule has 0 unspecified atom stereocenters. The summed E-state index contributed by atoms with van der Waals surface area (Å²) >= 11 is 0. The van der Waals surface area contributed by atoms with Gasteiger partial charge in [-0.1, -0.05) is 18.1 Å². The van der Waals surface area contributed by atoms with E-state index in [9.17, 15) is 0 Å². The number of hydrogen-bond acceptors (Lipinski definition) is 5. The second-order valence-electron chi connectivity index (χ2n) is 4.38. The first-order chi connectivity index (χ1) is 9.65. The predicted molar refractivity (Wildman–Crippen MR) is 78.3 cm³/mol. The molecular formula is C14H23N3O3. The van der Waals surface area contributed by atoms with Crippen molar-refractivity contribution in [3.05, 3.63) is 29.3 Å². The van der Waals surface area contributed by atoms with Gasteiger partial charge in [-0.2, -0.15) is 0 Å². The molecule has 0 aliphatic carbocycles. The zero-order chi connectivity index (χ0) is 15.0. The van der Waals surface area contributed by atoms with Crippen molar-refractivity contribution < 1.29 is 14.7 Å². The lowest BCUT2D eigenvalue weighted by Gasteiger charge is -2.20. The normalized spacial score (nSPS) is 11.9. The highest BCUT2D eigenvalue weighted by atomic mass is 16.5. The second kappa shape index (κ2) is 8.39. The van der Waals surface area contributed by atoms with Gasteiger partial charge in [-0.05, 0) is 24.2 Å². The van der Waals surface area contributed by atoms with E-state index in [0.717, 1.165) is 25.2 Å². The van der Waals surface area contributed by atoms with Gasteiger partial charge in [0.1, 0.15) is 5.75 Å². The Balaban J connectivity index is 2.86. The molecule has 112 valence electrons. The molecule has 0 atom stereocenters. The van der Waals surface area contributed by atoms with E-state index in [0.29, 0.717) is 17.9 Å². The average Bonchev–Trinajstić information content (AvgIpc) is 2.50. The van der Waals surface area contributed by atoms with Crippen molar-refractivity contribution in [2.24, 2.45) is 10.9 Å². The van der Waals surface area contributed by atoms with Crippen molar-refractivity contribution in [2.45, 2.75) is 13.5 Å². The van der Waals surface area contributed by atoms with Crippen molar-refractivity contribution in [3.63, 3.8) is 0 Å². The Morgan fingerprint density at radius 3 is 2.70 bits per heavy atom. The molecular weight excluding hydrogens is 258 g/mol. The van der Waals surface area contributed by atoms with Crippen LogP contribution in [0.4, 0.5) is 0 Å². The Hall–Kier alpha value is -1.79. The van der Waals surface area contributed by atoms with Gasteiger partial charge in [0.2, 0.25) is 0 Å². The minimum absolute atomic E-state index is 0.0418. The monoisotopic (exact) mass is 281 g/mol. The molecule has 6 nitrogen and oxygen atoms in total. The largest absolute Gasteiger partial charge is 0.496 e. The topological polar surface area (TPSA) is 80.3 Å². The standard InChI is InChI=1S/C14H23N3O3/c1-4-17(7-8-19-2)10-11-5-6-12(14(15)16-18)13(9-11)20-3/h5-6,9,18H,4,7-8,10H2,1-3H3,(H2,15,16). The third-order valence-electron chi connectivity index (χ3n) is 3.11. The van der Waals surface area contributed by atoms with Crippen molar-refractivity contribution in [2.75, 3.05) is 33.9 Å². The van der Waals surface area contributed by atoms with Crippen LogP contribution < -0.4 is 10.5 Å². The molecule has 0 aliphatic rings. The van der Waals surface area contributed by atoms with E-state index < -0.39 is 0 Å². The highest BCUT2D eigenvalue weighted by Gasteiger charge is 2.10. The summed E-state index contributed by atoms with van der Waals surface area (Å²) in [5.74, 6) is 0.640. The van der Waals surface area contributed by atoms with Crippen molar-refractivity contribution in [1.82, 2.24) is 4.90 Å². The summed E-state index contributed by atoms with van der Waals surface area (Å²) in [6.45, 7) is 5.42. The van der Waals surface area contributed by atoms with Crippen LogP contribution in [-0.2, 0) is 11.3 Å². The van der Waals surface area contributed by atoms with Crippen molar-refractivity contribution in [3.8, 4) is 5.75 Å². The van der Waals surface area contributed by atoms with E-state index in [1.165, 1.54) is 0 Å². The Labute approximate surface area is 119 Å². The zero-order valence-corrected chi connectivity index (χ0v) is 12.3. The number of rotatable bonds is 8. The molecule has 0 bridgehead atoms. The van der Waals surface area contributed by atoms with E-state index in [-0.39, 0.29) is 5.84 Å². The zero-order valence-electron chi connectivity index (χ0n) is 12.3. The number of nitrogens with two attached hydrogens (primary N) is 1. The summed E-state index contributed by atoms with van der Waals surface area (Å²) in [6.07, 6.45) is 0. The molecule has 0 spiro atoms. The fourth-order valence-electron chi connectivity index (χ4n) is 1.93. The van der Waals surface area contributed by atoms with Gasteiger partial charge >= 0.3 is 0 Å². The number of amidine groups is 1. The van der Waals surface area contributed by atoms with Crippen LogP contribution in [0.15, 0.2) is 23.4 Å². The molecule has 6 heteroatoms. The molecule has 0 radical (unpaired) electrons. The van der Waals surface area contributed by atoms with Gasteiger partial charge < -0.3 is 20.4 Å². The van der Waals surface area contributed by atoms with Crippen LogP contribution in [0.3, 0.4) is 0 Å². The van der Waals surface area contributed by atoms with Crippen molar-refractivity contribution >= 4 is 5.84 Å². The van der Waals surface area contributed by atoms with Gasteiger partial charge in [0.15, 0.2) is 5.84 Å². The number of nitrogens with zero attached hydrogens (tertiary/aromatic N) is 2. The minimum atomic E-state index is 0.0418. The molecule has 1 rings (SSSR count). The van der Waals surface area contributed by atoms with E-state index in [4.69, 9.17) is 20.4 Å². The summed E-state index contributed by atoms with van der Waals surface area (Å²) in [7, 11) is 3.26. The van der Waals surface area contributed by atoms with Gasteiger partial charge in [0.05, 0.1) is 19.3 Å². The minimum Gasteiger partial charge on any atom is -0.496 e. The fraction of sp³-hybridized carbons (Fsp3) is 0.500. The Kier molecular flexibility index (Phi) is 6.83. The molecule has 0 heterocycles. The average molecular weight is 281 g/mol. The summed E-state index contributed by atoms with van der Waals surface area (Å²) in [6, 6.07) is 5.65. The Bertz CT molecular complexity index is 449. The third-order valence-corrected chi connectivity index (χ3v) is 3.11. The lowest BCUT2D eigenvalue weighted by molar-refractivity contribution is 0.147. The number of hydrogen-bond donors (Lipinski definition) is 2. The van der Waals surface area contributed by atoms with Gasteiger partial charge in [0.25, 0.3) is 0 Å². The maximum absolute atomic E-state index is 8.74. The first kappa shape index (κ1) is 16.3. The van der Waals surface area contributed by atoms with Crippen LogP contribution in [0.1, 0.15) is 18.1 Å². The molecule has 0 aromatic heterocycles. The number of benzene rings is 1. The van der Waals surface area contributed by atoms with Gasteiger partial charge in [-0.15, -0.1) is 0 Å². The summed E-state index contributed by atoms with van der Waals surface area (Å²) < 4.78 is 10.4. The maximum atomic E-state index is 8.74. The van der Waals surface area contributed by atoms with Crippen LogP contribution in [0, 0.1) is 0 Å². The molecule has 1 aromatic rings. The van der Waals surface area contributed by atoms with E-state index in [1.807, 2.05) is 12.1 Å². The molecule has 0 amide bonds. The quantitative estimate of drug-likeness (QED) is 0.324. The van der Waals surface area contributed by atoms with E-state index >= 15 is 0 Å². The van der Waals surface area contributed by atoms with Gasteiger partial charge in [0, 0.05) is 20.2 Å². The molecule has 0 aliphatic heterocycles. The number of methoxy groups -OCH3 is 2. The molecule has 0 saturated heterocycles. The van der Waals surface area contributed by atoms with Crippen LogP contribution in [0.2, 0.25) is 0 Å². The third kappa shape index (κ3) is 4.40. The predicted octanol–water partition coefficient (Wildman–Crippen LogP) is 1.26. The van der Waals surface area contributed by atoms with Crippen molar-refractivity contribution in [1.29, 1.82) is 0 Å². The van der Waals surface area contributed by atoms with Crippen LogP contribution in [0.25, 0.3) is 0 Å². The number of ether oxygens (including phenoxy) is 2. The summed E-state index contributed by atoms with van der Waals surface area (Å²) in [5, 5.41) is 11.7. The smallest absolute Gasteiger partial charge is 0.173 e. The summed E-state index contributed by atoms with van der Waals surface area (Å²) in [4.78, 5) is 2.27. The lowest BCUT2D eigenvalue weighted by atomic mass is 10.1. The van der Waals surface area contributed by atoms with Gasteiger partial charge in [-0.25, -0.2) is 0 Å². The highest BCUT2D eigenvalue weighted by molar-refractivity contribution is 5.99. The number of likely N-dealkylation sites (N-methyl/N-ethyl adjacent to an activating group) is 1. The van der Waals surface area contributed by atoms with Gasteiger partial charge in [-0.3, -0.25) is 4.90 Å². The first-order valence-corrected chi connectivity index (χ1v) is 6.52. The molecule has 20 heavy (non-hydrogen) atoms.